The fraction of sp³-hybridized carbons (Fsp3) is 0.105. The molecular weight excluding hydrogens is 382 g/mol. The predicted octanol–water partition coefficient (Wildman–Crippen LogP) is 3.82. The molecule has 1 N–H and O–H groups in total. The van der Waals surface area contributed by atoms with Crippen molar-refractivity contribution in [2.24, 2.45) is 0 Å². The van der Waals surface area contributed by atoms with Gasteiger partial charge in [-0.2, -0.15) is 0 Å². The van der Waals surface area contributed by atoms with Crippen molar-refractivity contribution in [2.45, 2.75) is 6.92 Å². The molecule has 28 heavy (non-hydrogen) atoms. The number of carbonyl (C=O) groups is 2. The minimum absolute atomic E-state index is 0.00268. The molecule has 8 nitrogen and oxygen atoms in total. The van der Waals surface area contributed by atoms with Gasteiger partial charge in [0, 0.05) is 28.8 Å². The van der Waals surface area contributed by atoms with E-state index in [1.54, 1.807) is 18.2 Å². The number of nitro groups is 1. The van der Waals surface area contributed by atoms with Crippen molar-refractivity contribution in [3.8, 4) is 11.3 Å². The van der Waals surface area contributed by atoms with Crippen molar-refractivity contribution < 1.29 is 19.2 Å². The second kappa shape index (κ2) is 8.40. The number of non-ortho nitro benzene ring substituents is 1. The molecule has 9 heteroatoms. The second-order valence-corrected chi connectivity index (χ2v) is 6.83. The Morgan fingerprint density at radius 1 is 1.21 bits per heavy atom. The van der Waals surface area contributed by atoms with E-state index in [2.05, 4.69) is 10.3 Å². The number of carbonyl (C=O) groups excluding carboxylic acids is 2. The molecule has 3 aromatic rings. The van der Waals surface area contributed by atoms with E-state index in [1.807, 2.05) is 18.4 Å². The SMILES string of the molecule is Cc1nc(-c2cccc(NC(=O)COC(=O)c3cccc([N+](=O)[O-])c3)c2)cs1. The fourth-order valence-electron chi connectivity index (χ4n) is 2.41. The summed E-state index contributed by atoms with van der Waals surface area (Å²) in [6.07, 6.45) is 0. The lowest BCUT2D eigenvalue weighted by Gasteiger charge is -2.08. The van der Waals surface area contributed by atoms with E-state index in [4.69, 9.17) is 4.74 Å². The molecule has 0 saturated heterocycles. The maximum Gasteiger partial charge on any atom is 0.338 e. The minimum Gasteiger partial charge on any atom is -0.452 e. The lowest BCUT2D eigenvalue weighted by molar-refractivity contribution is -0.384. The summed E-state index contributed by atoms with van der Waals surface area (Å²) in [7, 11) is 0. The molecule has 0 spiro atoms. The first-order valence-corrected chi connectivity index (χ1v) is 9.04. The van der Waals surface area contributed by atoms with Gasteiger partial charge in [-0.15, -0.1) is 11.3 Å². The number of rotatable bonds is 6. The van der Waals surface area contributed by atoms with E-state index < -0.39 is 23.4 Å². The predicted molar refractivity (Wildman–Crippen MR) is 104 cm³/mol. The van der Waals surface area contributed by atoms with E-state index >= 15 is 0 Å². The molecule has 0 saturated carbocycles. The van der Waals surface area contributed by atoms with Crippen LogP contribution in [0.2, 0.25) is 0 Å². The number of aromatic nitrogens is 1. The highest BCUT2D eigenvalue weighted by molar-refractivity contribution is 7.09. The van der Waals surface area contributed by atoms with Crippen LogP contribution in [-0.4, -0.2) is 28.4 Å². The number of hydrogen-bond donors (Lipinski definition) is 1. The Morgan fingerprint density at radius 3 is 2.71 bits per heavy atom. The highest BCUT2D eigenvalue weighted by Crippen LogP contribution is 2.24. The number of aryl methyl sites for hydroxylation is 1. The van der Waals surface area contributed by atoms with Gasteiger partial charge < -0.3 is 10.1 Å². The van der Waals surface area contributed by atoms with Gasteiger partial charge in [-0.05, 0) is 25.1 Å². The van der Waals surface area contributed by atoms with Gasteiger partial charge in [0.15, 0.2) is 6.61 Å². The summed E-state index contributed by atoms with van der Waals surface area (Å²) in [5.74, 6) is -1.34. The highest BCUT2D eigenvalue weighted by Gasteiger charge is 2.14. The summed E-state index contributed by atoms with van der Waals surface area (Å²) in [5.41, 5.74) is 1.99. The third-order valence-corrected chi connectivity index (χ3v) is 4.46. The maximum atomic E-state index is 12.1. The lowest BCUT2D eigenvalue weighted by atomic mass is 10.1. The number of hydrogen-bond acceptors (Lipinski definition) is 7. The lowest BCUT2D eigenvalue weighted by Crippen LogP contribution is -2.21. The minimum atomic E-state index is -0.814. The Bertz CT molecular complexity index is 1050. The molecule has 0 aliphatic heterocycles. The molecule has 142 valence electrons. The summed E-state index contributed by atoms with van der Waals surface area (Å²) in [4.78, 5) is 38.6. The number of nitro benzene ring substituents is 1. The average molecular weight is 397 g/mol. The fourth-order valence-corrected chi connectivity index (χ4v) is 3.03. The number of thiazole rings is 1. The van der Waals surface area contributed by atoms with Gasteiger partial charge >= 0.3 is 5.97 Å². The molecular formula is C19H15N3O5S. The third kappa shape index (κ3) is 4.77. The zero-order valence-corrected chi connectivity index (χ0v) is 15.6. The third-order valence-electron chi connectivity index (χ3n) is 3.69. The Balaban J connectivity index is 1.59. The van der Waals surface area contributed by atoms with Crippen LogP contribution in [0.3, 0.4) is 0 Å². The molecule has 0 unspecified atom stereocenters. The van der Waals surface area contributed by atoms with Gasteiger partial charge in [-0.1, -0.05) is 18.2 Å². The summed E-state index contributed by atoms with van der Waals surface area (Å²) < 4.78 is 4.93. The zero-order chi connectivity index (χ0) is 20.1. The number of anilines is 1. The van der Waals surface area contributed by atoms with Crippen molar-refractivity contribution in [1.82, 2.24) is 4.98 Å². The normalized spacial score (nSPS) is 10.3. The molecule has 0 atom stereocenters. The zero-order valence-electron chi connectivity index (χ0n) is 14.7. The number of ether oxygens (including phenoxy) is 1. The highest BCUT2D eigenvalue weighted by atomic mass is 32.1. The number of benzene rings is 2. The van der Waals surface area contributed by atoms with Crippen molar-refractivity contribution in [1.29, 1.82) is 0 Å². The molecule has 1 amide bonds. The molecule has 2 aromatic carbocycles. The topological polar surface area (TPSA) is 111 Å². The first kappa shape index (κ1) is 19.2. The molecule has 1 heterocycles. The maximum absolute atomic E-state index is 12.1. The van der Waals surface area contributed by atoms with Crippen molar-refractivity contribution in [3.05, 3.63) is 74.6 Å². The van der Waals surface area contributed by atoms with Crippen LogP contribution in [0.5, 0.6) is 0 Å². The summed E-state index contributed by atoms with van der Waals surface area (Å²) in [5, 5.41) is 16.3. The van der Waals surface area contributed by atoms with E-state index in [9.17, 15) is 19.7 Å². The molecule has 0 radical (unpaired) electrons. The van der Waals surface area contributed by atoms with Crippen molar-refractivity contribution >= 4 is 34.6 Å². The van der Waals surface area contributed by atoms with Crippen LogP contribution in [0.25, 0.3) is 11.3 Å². The monoisotopic (exact) mass is 397 g/mol. The average Bonchev–Trinajstić information content (AvgIpc) is 3.13. The number of nitrogens with one attached hydrogen (secondary N) is 1. The number of amides is 1. The number of nitrogens with zero attached hydrogens (tertiary/aromatic N) is 2. The van der Waals surface area contributed by atoms with E-state index in [1.165, 1.54) is 29.5 Å². The smallest absolute Gasteiger partial charge is 0.338 e. The molecule has 0 bridgehead atoms. The molecule has 0 fully saturated rings. The second-order valence-electron chi connectivity index (χ2n) is 5.76. The van der Waals surface area contributed by atoms with Gasteiger partial charge in [0.05, 0.1) is 21.2 Å². The Hall–Kier alpha value is -3.59. The Morgan fingerprint density at radius 2 is 2.00 bits per heavy atom. The standard InChI is InChI=1S/C19H15N3O5S/c1-12-20-17(11-28-12)13-4-2-6-15(8-13)21-18(23)10-27-19(24)14-5-3-7-16(9-14)22(25)26/h2-9,11H,10H2,1H3,(H,21,23). The van der Waals surface area contributed by atoms with Gasteiger partial charge in [-0.3, -0.25) is 14.9 Å². The van der Waals surface area contributed by atoms with Gasteiger partial charge in [0.25, 0.3) is 11.6 Å². The van der Waals surface area contributed by atoms with Crippen LogP contribution in [0.4, 0.5) is 11.4 Å². The number of esters is 1. The van der Waals surface area contributed by atoms with Gasteiger partial charge in [0.2, 0.25) is 0 Å². The van der Waals surface area contributed by atoms with Crippen molar-refractivity contribution in [3.63, 3.8) is 0 Å². The summed E-state index contributed by atoms with van der Waals surface area (Å²) >= 11 is 1.53. The van der Waals surface area contributed by atoms with Crippen LogP contribution < -0.4 is 5.32 Å². The van der Waals surface area contributed by atoms with Crippen LogP contribution in [0.1, 0.15) is 15.4 Å². The molecule has 0 aliphatic rings. The van der Waals surface area contributed by atoms with E-state index in [0.717, 1.165) is 22.3 Å². The summed E-state index contributed by atoms with van der Waals surface area (Å²) in [6.45, 7) is 1.40. The van der Waals surface area contributed by atoms with Gasteiger partial charge in [0.1, 0.15) is 0 Å². The van der Waals surface area contributed by atoms with Crippen LogP contribution in [0, 0.1) is 17.0 Å². The van der Waals surface area contributed by atoms with Crippen LogP contribution >= 0.6 is 11.3 Å². The van der Waals surface area contributed by atoms with Gasteiger partial charge in [-0.25, -0.2) is 9.78 Å². The molecule has 0 aliphatic carbocycles. The largest absolute Gasteiger partial charge is 0.452 e. The first-order chi connectivity index (χ1) is 13.4. The quantitative estimate of drug-likeness (QED) is 0.384. The van der Waals surface area contributed by atoms with Crippen LogP contribution in [-0.2, 0) is 9.53 Å². The van der Waals surface area contributed by atoms with E-state index in [-0.39, 0.29) is 11.3 Å². The molecule has 3 rings (SSSR count). The Labute approximate surface area is 164 Å². The Kier molecular flexibility index (Phi) is 5.75. The van der Waals surface area contributed by atoms with E-state index in [0.29, 0.717) is 5.69 Å². The van der Waals surface area contributed by atoms with Crippen LogP contribution in [0.15, 0.2) is 53.9 Å². The molecule has 1 aromatic heterocycles. The van der Waals surface area contributed by atoms with Crippen molar-refractivity contribution in [2.75, 3.05) is 11.9 Å². The summed E-state index contributed by atoms with van der Waals surface area (Å²) in [6, 6.07) is 12.3. The first-order valence-electron chi connectivity index (χ1n) is 8.16.